The Morgan fingerprint density at radius 3 is 2.44 bits per heavy atom. The molecule has 0 atom stereocenters. The van der Waals surface area contributed by atoms with Gasteiger partial charge in [-0.2, -0.15) is 4.31 Å². The van der Waals surface area contributed by atoms with Crippen molar-refractivity contribution >= 4 is 27.3 Å². The van der Waals surface area contributed by atoms with Crippen LogP contribution in [0.5, 0.6) is 0 Å². The van der Waals surface area contributed by atoms with E-state index in [4.69, 9.17) is 11.6 Å². The van der Waals surface area contributed by atoms with Gasteiger partial charge in [-0.3, -0.25) is 15.0 Å². The van der Waals surface area contributed by atoms with Crippen LogP contribution in [0.25, 0.3) is 0 Å². The van der Waals surface area contributed by atoms with Gasteiger partial charge in [0.2, 0.25) is 10.0 Å². The largest absolute Gasteiger partial charge is 0.296 e. The standard InChI is InChI=1S/C17H17ClFN3O4S/c18-16-10-13(4-5-17(16)19)12-20-6-8-21(9-7-20)27(25,26)15-3-1-2-14(11-15)22(23)24/h1-5,10-11H,6-9,12H2. The molecule has 2 aromatic carbocycles. The van der Waals surface area contributed by atoms with Crippen molar-refractivity contribution in [1.82, 2.24) is 9.21 Å². The Kier molecular flexibility index (Phi) is 5.75. The molecule has 0 radical (unpaired) electrons. The fraction of sp³-hybridized carbons (Fsp3) is 0.294. The van der Waals surface area contributed by atoms with E-state index in [0.717, 1.165) is 11.6 Å². The van der Waals surface area contributed by atoms with Crippen LogP contribution in [-0.2, 0) is 16.6 Å². The number of hydrogen-bond donors (Lipinski definition) is 0. The molecule has 0 aliphatic carbocycles. The fourth-order valence-electron chi connectivity index (χ4n) is 2.93. The Bertz CT molecular complexity index is 962. The third-order valence-corrected chi connectivity index (χ3v) is 6.57. The highest BCUT2D eigenvalue weighted by atomic mass is 35.5. The minimum atomic E-state index is -3.80. The molecule has 1 aliphatic heterocycles. The van der Waals surface area contributed by atoms with Crippen molar-refractivity contribution in [2.24, 2.45) is 0 Å². The predicted molar refractivity (Wildman–Crippen MR) is 98.5 cm³/mol. The summed E-state index contributed by atoms with van der Waals surface area (Å²) in [5, 5.41) is 10.9. The minimum Gasteiger partial charge on any atom is -0.296 e. The van der Waals surface area contributed by atoms with Crippen LogP contribution >= 0.6 is 11.6 Å². The summed E-state index contributed by atoms with van der Waals surface area (Å²) in [7, 11) is -3.80. The van der Waals surface area contributed by atoms with Crippen molar-refractivity contribution in [3.8, 4) is 0 Å². The maximum Gasteiger partial charge on any atom is 0.270 e. The zero-order valence-corrected chi connectivity index (χ0v) is 15.8. The van der Waals surface area contributed by atoms with Crippen LogP contribution in [0.2, 0.25) is 5.02 Å². The predicted octanol–water partition coefficient (Wildman–Crippen LogP) is 2.89. The van der Waals surface area contributed by atoms with E-state index in [0.29, 0.717) is 19.6 Å². The van der Waals surface area contributed by atoms with E-state index in [9.17, 15) is 22.9 Å². The second kappa shape index (κ2) is 7.89. The number of rotatable bonds is 5. The average Bonchev–Trinajstić information content (AvgIpc) is 2.65. The number of piperazine rings is 1. The molecule has 1 heterocycles. The molecular formula is C17H17ClFN3O4S. The van der Waals surface area contributed by atoms with Gasteiger partial charge in [0, 0.05) is 44.9 Å². The molecule has 1 fully saturated rings. The van der Waals surface area contributed by atoms with Crippen LogP contribution in [-0.4, -0.2) is 48.7 Å². The first-order chi connectivity index (χ1) is 12.8. The summed E-state index contributed by atoms with van der Waals surface area (Å²) in [6, 6.07) is 9.55. The van der Waals surface area contributed by atoms with Gasteiger partial charge < -0.3 is 0 Å². The first kappa shape index (κ1) is 19.7. The highest BCUT2D eigenvalue weighted by Gasteiger charge is 2.29. The lowest BCUT2D eigenvalue weighted by atomic mass is 10.2. The van der Waals surface area contributed by atoms with Gasteiger partial charge in [0.15, 0.2) is 0 Å². The topological polar surface area (TPSA) is 83.8 Å². The van der Waals surface area contributed by atoms with Crippen LogP contribution in [0.15, 0.2) is 47.4 Å². The second-order valence-electron chi connectivity index (χ2n) is 6.18. The lowest BCUT2D eigenvalue weighted by molar-refractivity contribution is -0.385. The number of nitro benzene ring substituents is 1. The summed E-state index contributed by atoms with van der Waals surface area (Å²) >= 11 is 5.79. The maximum absolute atomic E-state index is 13.2. The highest BCUT2D eigenvalue weighted by Crippen LogP contribution is 2.23. The molecule has 0 N–H and O–H groups in total. The smallest absolute Gasteiger partial charge is 0.270 e. The highest BCUT2D eigenvalue weighted by molar-refractivity contribution is 7.89. The van der Waals surface area contributed by atoms with Gasteiger partial charge in [0.05, 0.1) is 14.8 Å². The van der Waals surface area contributed by atoms with Crippen LogP contribution in [0, 0.1) is 15.9 Å². The summed E-state index contributed by atoms with van der Waals surface area (Å²) in [6.07, 6.45) is 0. The van der Waals surface area contributed by atoms with Gasteiger partial charge in [0.1, 0.15) is 5.82 Å². The zero-order valence-electron chi connectivity index (χ0n) is 14.2. The summed E-state index contributed by atoms with van der Waals surface area (Å²) in [4.78, 5) is 12.2. The third-order valence-electron chi connectivity index (χ3n) is 4.39. The molecule has 144 valence electrons. The molecule has 2 aromatic rings. The number of benzene rings is 2. The number of non-ortho nitro benzene ring substituents is 1. The summed E-state index contributed by atoms with van der Waals surface area (Å²) in [6.45, 7) is 2.04. The first-order valence-electron chi connectivity index (χ1n) is 8.18. The molecule has 1 aliphatic rings. The lowest BCUT2D eigenvalue weighted by Crippen LogP contribution is -2.48. The molecule has 7 nitrogen and oxygen atoms in total. The first-order valence-corrected chi connectivity index (χ1v) is 10.00. The van der Waals surface area contributed by atoms with E-state index in [1.807, 2.05) is 4.90 Å². The number of halogens is 2. The Balaban J connectivity index is 1.66. The van der Waals surface area contributed by atoms with Crippen molar-refractivity contribution in [3.63, 3.8) is 0 Å². The van der Waals surface area contributed by atoms with E-state index in [2.05, 4.69) is 0 Å². The number of nitro groups is 1. The van der Waals surface area contributed by atoms with Crippen molar-refractivity contribution in [2.45, 2.75) is 11.4 Å². The molecule has 10 heteroatoms. The van der Waals surface area contributed by atoms with Crippen molar-refractivity contribution in [2.75, 3.05) is 26.2 Å². The van der Waals surface area contributed by atoms with E-state index < -0.39 is 20.8 Å². The maximum atomic E-state index is 13.2. The molecule has 0 spiro atoms. The minimum absolute atomic E-state index is 0.0550. The van der Waals surface area contributed by atoms with Gasteiger partial charge in [-0.25, -0.2) is 12.8 Å². The molecule has 0 bridgehead atoms. The molecule has 1 saturated heterocycles. The molecular weight excluding hydrogens is 397 g/mol. The number of hydrogen-bond acceptors (Lipinski definition) is 5. The Morgan fingerprint density at radius 2 is 1.81 bits per heavy atom. The monoisotopic (exact) mass is 413 g/mol. The van der Waals surface area contributed by atoms with Crippen molar-refractivity contribution in [3.05, 3.63) is 69.0 Å². The average molecular weight is 414 g/mol. The van der Waals surface area contributed by atoms with E-state index in [-0.39, 0.29) is 28.7 Å². The summed E-state index contributed by atoms with van der Waals surface area (Å²) in [5.41, 5.74) is 0.583. The van der Waals surface area contributed by atoms with E-state index in [1.165, 1.54) is 28.6 Å². The molecule has 3 rings (SSSR count). The van der Waals surface area contributed by atoms with Gasteiger partial charge in [0.25, 0.3) is 5.69 Å². The van der Waals surface area contributed by atoms with Gasteiger partial charge >= 0.3 is 0 Å². The van der Waals surface area contributed by atoms with Crippen LogP contribution < -0.4 is 0 Å². The quantitative estimate of drug-likeness (QED) is 0.556. The second-order valence-corrected chi connectivity index (χ2v) is 8.53. The fourth-order valence-corrected chi connectivity index (χ4v) is 4.60. The lowest BCUT2D eigenvalue weighted by Gasteiger charge is -2.34. The van der Waals surface area contributed by atoms with Crippen LogP contribution in [0.1, 0.15) is 5.56 Å². The summed E-state index contributed by atoms with van der Waals surface area (Å²) < 4.78 is 40.0. The van der Waals surface area contributed by atoms with Gasteiger partial charge in [-0.05, 0) is 23.8 Å². The van der Waals surface area contributed by atoms with E-state index >= 15 is 0 Å². The number of sulfonamides is 1. The molecule has 0 amide bonds. The Hall–Kier alpha value is -2.07. The molecule has 0 aromatic heterocycles. The normalized spacial score (nSPS) is 16.4. The van der Waals surface area contributed by atoms with Crippen LogP contribution in [0.4, 0.5) is 10.1 Å². The van der Waals surface area contributed by atoms with E-state index in [1.54, 1.807) is 12.1 Å². The van der Waals surface area contributed by atoms with Gasteiger partial charge in [-0.1, -0.05) is 23.7 Å². The zero-order chi connectivity index (χ0) is 19.6. The third kappa shape index (κ3) is 4.44. The Morgan fingerprint density at radius 1 is 1.11 bits per heavy atom. The Labute approximate surface area is 161 Å². The van der Waals surface area contributed by atoms with Crippen molar-refractivity contribution in [1.29, 1.82) is 0 Å². The SMILES string of the molecule is O=[N+]([O-])c1cccc(S(=O)(=O)N2CCN(Cc3ccc(F)c(Cl)c3)CC2)c1. The molecule has 0 unspecified atom stereocenters. The molecule has 0 saturated carbocycles. The summed E-state index contributed by atoms with van der Waals surface area (Å²) in [5.74, 6) is -0.478. The molecule has 27 heavy (non-hydrogen) atoms. The van der Waals surface area contributed by atoms with Crippen LogP contribution in [0.3, 0.4) is 0 Å². The van der Waals surface area contributed by atoms with Crippen molar-refractivity contribution < 1.29 is 17.7 Å². The number of nitrogens with zero attached hydrogens (tertiary/aromatic N) is 3. The van der Waals surface area contributed by atoms with Gasteiger partial charge in [-0.15, -0.1) is 0 Å².